The summed E-state index contributed by atoms with van der Waals surface area (Å²) in [4.78, 5) is 14.8. The molecular formula is C22H23N3O4. The Kier molecular flexibility index (Phi) is 5.76. The number of amides is 1. The van der Waals surface area contributed by atoms with E-state index in [1.54, 1.807) is 13.2 Å². The van der Waals surface area contributed by atoms with E-state index in [1.807, 2.05) is 48.5 Å². The van der Waals surface area contributed by atoms with Gasteiger partial charge in [0.05, 0.1) is 43.8 Å². The number of carbonyl (C=O) groups excluding carboxylic acids is 1. The molecule has 0 spiro atoms. The Labute approximate surface area is 169 Å². The lowest BCUT2D eigenvalue weighted by Crippen LogP contribution is -2.36. The zero-order chi connectivity index (χ0) is 20.1. The van der Waals surface area contributed by atoms with Crippen LogP contribution in [0.2, 0.25) is 0 Å². The molecule has 1 saturated heterocycles. The van der Waals surface area contributed by atoms with Crippen molar-refractivity contribution in [1.29, 1.82) is 0 Å². The Balaban J connectivity index is 1.44. The van der Waals surface area contributed by atoms with E-state index in [4.69, 9.17) is 14.0 Å². The Morgan fingerprint density at radius 1 is 1.14 bits per heavy atom. The van der Waals surface area contributed by atoms with Crippen molar-refractivity contribution < 1.29 is 18.8 Å². The number of hydrogen-bond donors (Lipinski definition) is 1. The lowest BCUT2D eigenvalue weighted by atomic mass is 10.1. The third-order valence-electron chi connectivity index (χ3n) is 4.78. The first kappa shape index (κ1) is 19.0. The molecule has 1 N–H and O–H groups in total. The summed E-state index contributed by atoms with van der Waals surface area (Å²) in [5.74, 6) is 1.19. The number of anilines is 2. The SMILES string of the molecule is COc1cccc(-c2cc(CC(=O)Nc3ccccc3N3CCOCC3)no2)c1. The van der Waals surface area contributed by atoms with E-state index < -0.39 is 0 Å². The molecule has 0 atom stereocenters. The number of carbonyl (C=O) groups is 1. The van der Waals surface area contributed by atoms with Gasteiger partial charge in [-0.05, 0) is 24.3 Å². The Hall–Kier alpha value is -3.32. The number of rotatable bonds is 6. The highest BCUT2D eigenvalue weighted by atomic mass is 16.5. The van der Waals surface area contributed by atoms with Crippen LogP contribution in [-0.4, -0.2) is 44.5 Å². The maximum Gasteiger partial charge on any atom is 0.230 e. The predicted octanol–water partition coefficient (Wildman–Crippen LogP) is 3.37. The molecule has 7 nitrogen and oxygen atoms in total. The molecular weight excluding hydrogens is 370 g/mol. The summed E-state index contributed by atoms with van der Waals surface area (Å²) in [6.45, 7) is 2.99. The number of morpholine rings is 1. The first-order valence-corrected chi connectivity index (χ1v) is 9.54. The van der Waals surface area contributed by atoms with Gasteiger partial charge in [0.25, 0.3) is 0 Å². The van der Waals surface area contributed by atoms with Crippen LogP contribution < -0.4 is 15.0 Å². The van der Waals surface area contributed by atoms with Crippen molar-refractivity contribution in [3.05, 3.63) is 60.3 Å². The summed E-state index contributed by atoms with van der Waals surface area (Å²) in [6, 6.07) is 17.1. The highest BCUT2D eigenvalue weighted by molar-refractivity contribution is 5.95. The molecule has 0 saturated carbocycles. The third-order valence-corrected chi connectivity index (χ3v) is 4.78. The summed E-state index contributed by atoms with van der Waals surface area (Å²) in [5.41, 5.74) is 3.21. The molecule has 3 aromatic rings. The summed E-state index contributed by atoms with van der Waals surface area (Å²) in [5, 5.41) is 7.04. The number of ether oxygens (including phenoxy) is 2. The second-order valence-corrected chi connectivity index (χ2v) is 6.76. The number of nitrogens with zero attached hydrogens (tertiary/aromatic N) is 2. The molecule has 4 rings (SSSR count). The predicted molar refractivity (Wildman–Crippen MR) is 110 cm³/mol. The zero-order valence-corrected chi connectivity index (χ0v) is 16.3. The maximum atomic E-state index is 12.6. The fourth-order valence-corrected chi connectivity index (χ4v) is 3.33. The fourth-order valence-electron chi connectivity index (χ4n) is 3.33. The Morgan fingerprint density at radius 2 is 1.97 bits per heavy atom. The second kappa shape index (κ2) is 8.79. The molecule has 2 heterocycles. The number of hydrogen-bond acceptors (Lipinski definition) is 6. The molecule has 0 bridgehead atoms. The van der Waals surface area contributed by atoms with Gasteiger partial charge in [-0.2, -0.15) is 0 Å². The number of benzene rings is 2. The van der Waals surface area contributed by atoms with Crippen LogP contribution in [0.15, 0.2) is 59.1 Å². The van der Waals surface area contributed by atoms with E-state index in [0.29, 0.717) is 24.7 Å². The van der Waals surface area contributed by atoms with Gasteiger partial charge >= 0.3 is 0 Å². The average molecular weight is 393 g/mol. The van der Waals surface area contributed by atoms with Crippen LogP contribution >= 0.6 is 0 Å². The van der Waals surface area contributed by atoms with Gasteiger partial charge in [-0.15, -0.1) is 0 Å². The number of methoxy groups -OCH3 is 1. The lowest BCUT2D eigenvalue weighted by molar-refractivity contribution is -0.115. The fraction of sp³-hybridized carbons (Fsp3) is 0.273. The van der Waals surface area contributed by atoms with E-state index in [-0.39, 0.29) is 12.3 Å². The van der Waals surface area contributed by atoms with Crippen LogP contribution in [0.5, 0.6) is 5.75 Å². The van der Waals surface area contributed by atoms with Crippen molar-refractivity contribution in [2.75, 3.05) is 43.6 Å². The molecule has 1 aliphatic rings. The van der Waals surface area contributed by atoms with Crippen LogP contribution in [0.1, 0.15) is 5.69 Å². The molecule has 1 fully saturated rings. The van der Waals surface area contributed by atoms with Crippen molar-refractivity contribution in [3.63, 3.8) is 0 Å². The molecule has 1 aliphatic heterocycles. The van der Waals surface area contributed by atoms with Gasteiger partial charge in [0.15, 0.2) is 5.76 Å². The van der Waals surface area contributed by atoms with Gasteiger partial charge in [0.1, 0.15) is 5.75 Å². The van der Waals surface area contributed by atoms with Gasteiger partial charge in [0, 0.05) is 24.7 Å². The molecule has 0 aliphatic carbocycles. The van der Waals surface area contributed by atoms with Crippen LogP contribution in [0.3, 0.4) is 0 Å². The summed E-state index contributed by atoms with van der Waals surface area (Å²) in [7, 11) is 1.62. The van der Waals surface area contributed by atoms with E-state index >= 15 is 0 Å². The smallest absolute Gasteiger partial charge is 0.230 e. The lowest BCUT2D eigenvalue weighted by Gasteiger charge is -2.30. The zero-order valence-electron chi connectivity index (χ0n) is 16.3. The Morgan fingerprint density at radius 3 is 2.79 bits per heavy atom. The molecule has 0 unspecified atom stereocenters. The molecule has 0 radical (unpaired) electrons. The monoisotopic (exact) mass is 393 g/mol. The molecule has 7 heteroatoms. The quantitative estimate of drug-likeness (QED) is 0.692. The molecule has 2 aromatic carbocycles. The van der Waals surface area contributed by atoms with Crippen LogP contribution in [-0.2, 0) is 16.0 Å². The van der Waals surface area contributed by atoms with Crippen LogP contribution in [0.25, 0.3) is 11.3 Å². The highest BCUT2D eigenvalue weighted by Crippen LogP contribution is 2.27. The Bertz CT molecular complexity index is 979. The van der Waals surface area contributed by atoms with Gasteiger partial charge in [0.2, 0.25) is 5.91 Å². The topological polar surface area (TPSA) is 76.8 Å². The van der Waals surface area contributed by atoms with E-state index in [1.165, 1.54) is 0 Å². The van der Waals surface area contributed by atoms with Crippen molar-refractivity contribution in [2.45, 2.75) is 6.42 Å². The van der Waals surface area contributed by atoms with Gasteiger partial charge in [-0.1, -0.05) is 29.4 Å². The molecule has 29 heavy (non-hydrogen) atoms. The number of aromatic nitrogens is 1. The van der Waals surface area contributed by atoms with E-state index in [2.05, 4.69) is 15.4 Å². The first-order chi connectivity index (χ1) is 14.2. The minimum atomic E-state index is -0.142. The van der Waals surface area contributed by atoms with Crippen LogP contribution in [0, 0.1) is 0 Å². The maximum absolute atomic E-state index is 12.6. The standard InChI is InChI=1S/C22H23N3O4/c1-27-18-6-4-5-16(13-18)21-14-17(24-29-21)15-22(26)23-19-7-2-3-8-20(19)25-9-11-28-12-10-25/h2-8,13-14H,9-12,15H2,1H3,(H,23,26). The van der Waals surface area contributed by atoms with Crippen LogP contribution in [0.4, 0.5) is 11.4 Å². The minimum absolute atomic E-state index is 0.130. The molecule has 150 valence electrons. The van der Waals surface area contributed by atoms with Gasteiger partial charge in [-0.25, -0.2) is 0 Å². The second-order valence-electron chi connectivity index (χ2n) is 6.76. The average Bonchev–Trinajstić information content (AvgIpc) is 3.23. The summed E-state index contributed by atoms with van der Waals surface area (Å²) < 4.78 is 16.1. The number of nitrogens with one attached hydrogen (secondary N) is 1. The van der Waals surface area contributed by atoms with Crippen molar-refractivity contribution >= 4 is 17.3 Å². The normalized spacial score (nSPS) is 13.9. The van der Waals surface area contributed by atoms with Gasteiger partial charge in [-0.3, -0.25) is 4.79 Å². The minimum Gasteiger partial charge on any atom is -0.497 e. The van der Waals surface area contributed by atoms with Crippen molar-refractivity contribution in [1.82, 2.24) is 5.16 Å². The van der Waals surface area contributed by atoms with E-state index in [0.717, 1.165) is 35.8 Å². The summed E-state index contributed by atoms with van der Waals surface area (Å²) in [6.07, 6.45) is 0.130. The molecule has 1 aromatic heterocycles. The van der Waals surface area contributed by atoms with Crippen molar-refractivity contribution in [2.24, 2.45) is 0 Å². The third kappa shape index (κ3) is 4.57. The largest absolute Gasteiger partial charge is 0.497 e. The van der Waals surface area contributed by atoms with E-state index in [9.17, 15) is 4.79 Å². The van der Waals surface area contributed by atoms with Crippen molar-refractivity contribution in [3.8, 4) is 17.1 Å². The highest BCUT2D eigenvalue weighted by Gasteiger charge is 2.17. The molecule has 1 amide bonds. The summed E-state index contributed by atoms with van der Waals surface area (Å²) >= 11 is 0. The number of para-hydroxylation sites is 2. The van der Waals surface area contributed by atoms with Gasteiger partial charge < -0.3 is 24.2 Å². The first-order valence-electron chi connectivity index (χ1n) is 9.54.